The average Bonchev–Trinajstić information content (AvgIpc) is 3.58. The third-order valence-electron chi connectivity index (χ3n) is 8.96. The fraction of sp³-hybridized carbons (Fsp3) is 0.600. The van der Waals surface area contributed by atoms with E-state index in [1.807, 2.05) is 6.20 Å². The summed E-state index contributed by atoms with van der Waals surface area (Å²) in [5.74, 6) is 0.709. The van der Waals surface area contributed by atoms with Gasteiger partial charge >= 0.3 is 0 Å². The van der Waals surface area contributed by atoms with Crippen molar-refractivity contribution >= 4 is 17.0 Å². The molecule has 6 heteroatoms. The number of aliphatic hydroxyl groups excluding tert-OH is 1. The molecule has 0 amide bonds. The Morgan fingerprint density at radius 1 is 0.972 bits per heavy atom. The zero-order chi connectivity index (χ0) is 24.6. The zero-order valence-corrected chi connectivity index (χ0v) is 21.9. The maximum Gasteiger partial charge on any atom is 0.224 e. The highest BCUT2D eigenvalue weighted by atomic mass is 16.3. The van der Waals surface area contributed by atoms with Crippen LogP contribution < -0.4 is 5.32 Å². The Bertz CT molecular complexity index is 1160. The van der Waals surface area contributed by atoms with E-state index in [4.69, 9.17) is 9.97 Å². The molecule has 3 fully saturated rings. The van der Waals surface area contributed by atoms with Crippen molar-refractivity contribution < 1.29 is 5.11 Å². The number of nitrogens with one attached hydrogen (secondary N) is 1. The number of nitrogens with zero attached hydrogens (tertiary/aromatic N) is 4. The molecule has 1 aliphatic carbocycles. The lowest BCUT2D eigenvalue weighted by molar-refractivity contribution is 0.111. The van der Waals surface area contributed by atoms with Gasteiger partial charge in [-0.1, -0.05) is 37.6 Å². The lowest BCUT2D eigenvalue weighted by Crippen LogP contribution is -2.27. The highest BCUT2D eigenvalue weighted by molar-refractivity contribution is 5.94. The van der Waals surface area contributed by atoms with Gasteiger partial charge in [-0.15, -0.1) is 0 Å². The van der Waals surface area contributed by atoms with Crippen LogP contribution in [-0.4, -0.2) is 48.8 Å². The predicted molar refractivity (Wildman–Crippen MR) is 146 cm³/mol. The molecule has 2 aliphatic heterocycles. The summed E-state index contributed by atoms with van der Waals surface area (Å²) in [5, 5.41) is 14.7. The number of anilines is 1. The smallest absolute Gasteiger partial charge is 0.224 e. The van der Waals surface area contributed by atoms with Crippen molar-refractivity contribution in [3.63, 3.8) is 0 Å². The molecule has 0 radical (unpaired) electrons. The molecule has 6 nitrogen and oxygen atoms in total. The van der Waals surface area contributed by atoms with Gasteiger partial charge in [0, 0.05) is 54.1 Å². The Balaban J connectivity index is 1.30. The maximum atomic E-state index is 10.1. The van der Waals surface area contributed by atoms with Gasteiger partial charge in [0.05, 0.1) is 6.10 Å². The van der Waals surface area contributed by atoms with Crippen molar-refractivity contribution in [3.05, 3.63) is 42.2 Å². The van der Waals surface area contributed by atoms with Gasteiger partial charge < -0.3 is 15.0 Å². The highest BCUT2D eigenvalue weighted by Gasteiger charge is 2.38. The first-order valence-corrected chi connectivity index (χ1v) is 14.3. The summed E-state index contributed by atoms with van der Waals surface area (Å²) in [6.45, 7) is 5.48. The molecule has 6 rings (SSSR count). The van der Waals surface area contributed by atoms with Crippen LogP contribution in [0.15, 0.2) is 36.7 Å². The Kier molecular flexibility index (Phi) is 6.74. The van der Waals surface area contributed by atoms with Crippen LogP contribution in [0.2, 0.25) is 0 Å². The second-order valence-corrected chi connectivity index (χ2v) is 11.5. The average molecular weight is 488 g/mol. The minimum atomic E-state index is -0.164. The fourth-order valence-electron chi connectivity index (χ4n) is 6.95. The number of hydrogen-bond donors (Lipinski definition) is 2. The molecule has 2 aromatic heterocycles. The highest BCUT2D eigenvalue weighted by Crippen LogP contribution is 2.39. The van der Waals surface area contributed by atoms with Crippen molar-refractivity contribution in [1.29, 1.82) is 0 Å². The minimum absolute atomic E-state index is 0.164. The molecular weight excluding hydrogens is 446 g/mol. The van der Waals surface area contributed by atoms with Crippen molar-refractivity contribution in [2.75, 3.05) is 5.32 Å². The molecule has 3 aromatic rings. The summed E-state index contributed by atoms with van der Waals surface area (Å²) in [4.78, 5) is 12.5. The Labute approximate surface area is 215 Å². The van der Waals surface area contributed by atoms with Crippen LogP contribution in [0.3, 0.4) is 0 Å². The molecule has 192 valence electrons. The third-order valence-corrected chi connectivity index (χ3v) is 8.96. The molecule has 2 saturated heterocycles. The second-order valence-electron chi connectivity index (χ2n) is 11.5. The van der Waals surface area contributed by atoms with Gasteiger partial charge in [-0.05, 0) is 75.8 Å². The number of rotatable bonds is 8. The summed E-state index contributed by atoms with van der Waals surface area (Å²) in [6.07, 6.45) is 15.6. The topological polar surface area (TPSA) is 66.2 Å². The van der Waals surface area contributed by atoms with Crippen molar-refractivity contribution in [2.45, 2.75) is 115 Å². The Morgan fingerprint density at radius 2 is 1.64 bits per heavy atom. The van der Waals surface area contributed by atoms with Crippen LogP contribution in [0.25, 0.3) is 22.2 Å². The first-order chi connectivity index (χ1) is 17.6. The third kappa shape index (κ3) is 4.66. The monoisotopic (exact) mass is 487 g/mol. The van der Waals surface area contributed by atoms with Crippen molar-refractivity contribution in [2.24, 2.45) is 0 Å². The maximum absolute atomic E-state index is 10.1. The number of aromatic nitrogens is 3. The van der Waals surface area contributed by atoms with Crippen molar-refractivity contribution in [3.8, 4) is 11.1 Å². The molecule has 36 heavy (non-hydrogen) atoms. The first kappa shape index (κ1) is 23.9. The van der Waals surface area contributed by atoms with Crippen LogP contribution in [0, 0.1) is 0 Å². The van der Waals surface area contributed by atoms with Gasteiger partial charge in [-0.25, -0.2) is 4.98 Å². The molecule has 1 atom stereocenters. The van der Waals surface area contributed by atoms with Crippen LogP contribution in [0.5, 0.6) is 0 Å². The van der Waals surface area contributed by atoms with E-state index in [9.17, 15) is 5.11 Å². The van der Waals surface area contributed by atoms with E-state index in [-0.39, 0.29) is 6.10 Å². The number of fused-ring (bicyclic) bond motifs is 3. The largest absolute Gasteiger partial charge is 0.393 e. The lowest BCUT2D eigenvalue weighted by Gasteiger charge is -2.27. The van der Waals surface area contributed by atoms with Crippen LogP contribution >= 0.6 is 0 Å². The van der Waals surface area contributed by atoms with Crippen molar-refractivity contribution in [1.82, 2.24) is 19.4 Å². The minimum Gasteiger partial charge on any atom is -0.393 e. The fourth-order valence-corrected chi connectivity index (χ4v) is 6.95. The summed E-state index contributed by atoms with van der Waals surface area (Å²) in [5.41, 5.74) is 4.85. The predicted octanol–water partition coefficient (Wildman–Crippen LogP) is 6.30. The molecular formula is C30H41N5O. The van der Waals surface area contributed by atoms with E-state index in [1.165, 1.54) is 42.4 Å². The van der Waals surface area contributed by atoms with Gasteiger partial charge in [-0.2, -0.15) is 4.98 Å². The molecule has 0 unspecified atom stereocenters. The quantitative estimate of drug-likeness (QED) is 0.390. The second kappa shape index (κ2) is 10.1. The first-order valence-electron chi connectivity index (χ1n) is 14.3. The van der Waals surface area contributed by atoms with Crippen LogP contribution in [0.1, 0.15) is 89.7 Å². The summed E-state index contributed by atoms with van der Waals surface area (Å²) < 4.78 is 2.36. The Morgan fingerprint density at radius 3 is 2.31 bits per heavy atom. The van der Waals surface area contributed by atoms with E-state index in [2.05, 4.69) is 59.1 Å². The number of hydrogen-bond acceptors (Lipinski definition) is 5. The Hall–Kier alpha value is -2.44. The van der Waals surface area contributed by atoms with Crippen LogP contribution in [-0.2, 0) is 6.54 Å². The molecule has 3 aliphatic rings. The van der Waals surface area contributed by atoms with Gasteiger partial charge in [0.25, 0.3) is 0 Å². The van der Waals surface area contributed by atoms with Gasteiger partial charge in [0.2, 0.25) is 5.95 Å². The zero-order valence-electron chi connectivity index (χ0n) is 21.9. The SMILES string of the molecule is CCC[C@H](C)Nc1ncc2c(-c3ccc(CN4C5CCC4CC5)cc3)cn(C3CCC(O)CC3)c2n1. The molecule has 4 heterocycles. The molecule has 0 spiro atoms. The normalized spacial score (nSPS) is 27.1. The van der Waals surface area contributed by atoms with Crippen LogP contribution in [0.4, 0.5) is 5.95 Å². The molecule has 2 N–H and O–H groups in total. The molecule has 1 aromatic carbocycles. The summed E-state index contributed by atoms with van der Waals surface area (Å²) in [6, 6.07) is 11.5. The number of aliphatic hydroxyl groups is 1. The standard InChI is InChI=1S/C30H41N5O/c1-3-4-20(2)32-30-31-17-27-28(19-35(29(27)33-30)25-13-15-26(36)16-14-25)22-7-5-21(6-8-22)18-34-23-9-10-24(34)12-11-23/h5-8,17,19-20,23-26,36H,3-4,9-16,18H2,1-2H3,(H,31,32,33)/t20-,23?,24?,25?,26?/m0/s1. The van der Waals surface area contributed by atoms with Gasteiger partial charge in [-0.3, -0.25) is 4.90 Å². The van der Waals surface area contributed by atoms with E-state index in [1.54, 1.807) is 0 Å². The van der Waals surface area contributed by atoms with E-state index in [0.29, 0.717) is 18.0 Å². The lowest BCUT2D eigenvalue weighted by atomic mass is 9.93. The summed E-state index contributed by atoms with van der Waals surface area (Å²) in [7, 11) is 0. The van der Waals surface area contributed by atoms with E-state index in [0.717, 1.165) is 68.2 Å². The van der Waals surface area contributed by atoms with Gasteiger partial charge in [0.15, 0.2) is 0 Å². The summed E-state index contributed by atoms with van der Waals surface area (Å²) >= 11 is 0. The van der Waals surface area contributed by atoms with Gasteiger partial charge in [0.1, 0.15) is 5.65 Å². The van der Waals surface area contributed by atoms with E-state index < -0.39 is 0 Å². The number of benzene rings is 1. The molecule has 2 bridgehead atoms. The van der Waals surface area contributed by atoms with E-state index >= 15 is 0 Å². The molecule has 1 saturated carbocycles.